The summed E-state index contributed by atoms with van der Waals surface area (Å²) in [6.45, 7) is 3.96. The summed E-state index contributed by atoms with van der Waals surface area (Å²) in [5.74, 6) is -0.215. The van der Waals surface area contributed by atoms with Crippen LogP contribution in [-0.2, 0) is 4.74 Å². The summed E-state index contributed by atoms with van der Waals surface area (Å²) < 4.78 is 5.53. The first-order chi connectivity index (χ1) is 9.92. The Kier molecular flexibility index (Phi) is 4.54. The third-order valence-electron chi connectivity index (χ3n) is 3.45. The Morgan fingerprint density at radius 1 is 1.52 bits per heavy atom. The van der Waals surface area contributed by atoms with Crippen molar-refractivity contribution in [1.29, 1.82) is 0 Å². The molecule has 114 valence electrons. The first-order valence-electron chi connectivity index (χ1n) is 6.73. The highest BCUT2D eigenvalue weighted by Gasteiger charge is 2.29. The van der Waals surface area contributed by atoms with Crippen LogP contribution in [0.3, 0.4) is 0 Å². The summed E-state index contributed by atoms with van der Waals surface area (Å²) in [5, 5.41) is 20.5. The van der Waals surface area contributed by atoms with Crippen molar-refractivity contribution in [2.45, 2.75) is 26.1 Å². The predicted octanol–water partition coefficient (Wildman–Crippen LogP) is 1.38. The van der Waals surface area contributed by atoms with Crippen molar-refractivity contribution >= 4 is 17.2 Å². The molecule has 1 aliphatic heterocycles. The van der Waals surface area contributed by atoms with Crippen molar-refractivity contribution in [1.82, 2.24) is 0 Å². The highest BCUT2D eigenvalue weighted by atomic mass is 16.6. The highest BCUT2D eigenvalue weighted by Crippen LogP contribution is 2.31. The van der Waals surface area contributed by atoms with Crippen LogP contribution in [0.1, 0.15) is 24.2 Å². The molecule has 0 amide bonds. The number of carbonyl (C=O) groups excluding carboxylic acids is 1. The Morgan fingerprint density at radius 2 is 2.24 bits per heavy atom. The molecule has 1 heterocycles. The molecule has 0 bridgehead atoms. The predicted molar refractivity (Wildman–Crippen MR) is 76.7 cm³/mol. The summed E-state index contributed by atoms with van der Waals surface area (Å²) in [4.78, 5) is 24.0. The van der Waals surface area contributed by atoms with Gasteiger partial charge in [-0.1, -0.05) is 0 Å². The molecule has 2 unspecified atom stereocenters. The molecule has 0 aliphatic carbocycles. The number of Topliss-reactive ketones (excluding diaryl/α,β-unsaturated/α-hetero) is 1. The van der Waals surface area contributed by atoms with Crippen molar-refractivity contribution in [2.24, 2.45) is 0 Å². The summed E-state index contributed by atoms with van der Waals surface area (Å²) in [7, 11) is 0. The molecule has 7 heteroatoms. The number of aliphatic hydroxyl groups excluding tert-OH is 1. The SMILES string of the molecule is CC(=O)c1ccc(N2CC(C)OC(CO)C2)c([N+](=O)[O-])c1. The van der Waals surface area contributed by atoms with Crippen molar-refractivity contribution in [3.05, 3.63) is 33.9 Å². The normalized spacial score (nSPS) is 22.1. The largest absolute Gasteiger partial charge is 0.394 e. The quantitative estimate of drug-likeness (QED) is 0.512. The van der Waals surface area contributed by atoms with Crippen LogP contribution < -0.4 is 4.90 Å². The van der Waals surface area contributed by atoms with Crippen LogP contribution in [0.2, 0.25) is 0 Å². The van der Waals surface area contributed by atoms with E-state index in [1.807, 2.05) is 11.8 Å². The average Bonchev–Trinajstić information content (AvgIpc) is 2.45. The van der Waals surface area contributed by atoms with Crippen molar-refractivity contribution in [3.8, 4) is 0 Å². The molecule has 1 aromatic rings. The highest BCUT2D eigenvalue weighted by molar-refractivity contribution is 5.95. The number of nitro groups is 1. The molecule has 2 atom stereocenters. The number of anilines is 1. The number of hydrogen-bond acceptors (Lipinski definition) is 6. The van der Waals surface area contributed by atoms with Gasteiger partial charge in [-0.3, -0.25) is 14.9 Å². The van der Waals surface area contributed by atoms with Gasteiger partial charge in [-0.15, -0.1) is 0 Å². The number of carbonyl (C=O) groups is 1. The van der Waals surface area contributed by atoms with Crippen molar-refractivity contribution in [2.75, 3.05) is 24.6 Å². The van der Waals surface area contributed by atoms with E-state index in [9.17, 15) is 20.0 Å². The van der Waals surface area contributed by atoms with Gasteiger partial charge < -0.3 is 14.7 Å². The standard InChI is InChI=1S/C14H18N2O5/c1-9-6-15(7-12(8-17)21-9)13-4-3-11(10(2)18)5-14(13)16(19)20/h3-5,9,12,17H,6-8H2,1-2H3. The molecule has 1 aromatic carbocycles. The number of benzene rings is 1. The Hall–Kier alpha value is -1.99. The maximum atomic E-state index is 11.4. The van der Waals surface area contributed by atoms with E-state index in [1.165, 1.54) is 13.0 Å². The van der Waals surface area contributed by atoms with Gasteiger partial charge >= 0.3 is 0 Å². The molecule has 2 rings (SSSR count). The summed E-state index contributed by atoms with van der Waals surface area (Å²) in [5.41, 5.74) is 0.651. The Balaban J connectivity index is 2.38. The second kappa shape index (κ2) is 6.19. The second-order valence-electron chi connectivity index (χ2n) is 5.17. The minimum Gasteiger partial charge on any atom is -0.394 e. The van der Waals surface area contributed by atoms with Gasteiger partial charge in [0.05, 0.1) is 23.7 Å². The minimum absolute atomic E-state index is 0.103. The average molecular weight is 294 g/mol. The van der Waals surface area contributed by atoms with Gasteiger partial charge in [0.1, 0.15) is 5.69 Å². The second-order valence-corrected chi connectivity index (χ2v) is 5.17. The van der Waals surface area contributed by atoms with Gasteiger partial charge in [-0.05, 0) is 26.0 Å². The van der Waals surface area contributed by atoms with E-state index in [1.54, 1.807) is 12.1 Å². The van der Waals surface area contributed by atoms with E-state index in [0.29, 0.717) is 24.3 Å². The third kappa shape index (κ3) is 3.37. The first kappa shape index (κ1) is 15.4. The van der Waals surface area contributed by atoms with Crippen molar-refractivity contribution < 1.29 is 19.6 Å². The van der Waals surface area contributed by atoms with Crippen LogP contribution in [0, 0.1) is 10.1 Å². The fraction of sp³-hybridized carbons (Fsp3) is 0.500. The van der Waals surface area contributed by atoms with E-state index < -0.39 is 4.92 Å². The maximum Gasteiger partial charge on any atom is 0.293 e. The van der Waals surface area contributed by atoms with Crippen LogP contribution in [0.5, 0.6) is 0 Å². The van der Waals surface area contributed by atoms with Gasteiger partial charge in [-0.25, -0.2) is 0 Å². The molecule has 1 saturated heterocycles. The Labute approximate surface area is 122 Å². The number of nitrogens with zero attached hydrogens (tertiary/aromatic N) is 2. The zero-order valence-electron chi connectivity index (χ0n) is 12.0. The molecular formula is C14H18N2O5. The summed E-state index contributed by atoms with van der Waals surface area (Å²) in [6, 6.07) is 4.46. The van der Waals surface area contributed by atoms with Gasteiger partial charge in [0.15, 0.2) is 5.78 Å². The van der Waals surface area contributed by atoms with Gasteiger partial charge in [0.25, 0.3) is 5.69 Å². The Morgan fingerprint density at radius 3 is 2.81 bits per heavy atom. The number of morpholine rings is 1. The molecule has 21 heavy (non-hydrogen) atoms. The topological polar surface area (TPSA) is 92.9 Å². The monoisotopic (exact) mass is 294 g/mol. The van der Waals surface area contributed by atoms with E-state index in [4.69, 9.17) is 4.74 Å². The van der Waals surface area contributed by atoms with Crippen LogP contribution in [0.4, 0.5) is 11.4 Å². The molecule has 0 spiro atoms. The fourth-order valence-corrected chi connectivity index (χ4v) is 2.50. The van der Waals surface area contributed by atoms with Crippen LogP contribution in [-0.4, -0.2) is 47.7 Å². The molecule has 0 radical (unpaired) electrons. The van der Waals surface area contributed by atoms with Crippen molar-refractivity contribution in [3.63, 3.8) is 0 Å². The number of ketones is 1. The molecule has 1 N–H and O–H groups in total. The van der Waals surface area contributed by atoms with Crippen LogP contribution in [0.25, 0.3) is 0 Å². The lowest BCUT2D eigenvalue weighted by molar-refractivity contribution is -0.384. The molecule has 1 aliphatic rings. The number of nitro benzene ring substituents is 1. The number of aliphatic hydroxyl groups is 1. The van der Waals surface area contributed by atoms with Gasteiger partial charge in [-0.2, -0.15) is 0 Å². The maximum absolute atomic E-state index is 11.4. The molecular weight excluding hydrogens is 276 g/mol. The van der Waals surface area contributed by atoms with E-state index >= 15 is 0 Å². The fourth-order valence-electron chi connectivity index (χ4n) is 2.50. The lowest BCUT2D eigenvalue weighted by Gasteiger charge is -2.37. The first-order valence-corrected chi connectivity index (χ1v) is 6.73. The number of rotatable bonds is 4. The molecule has 7 nitrogen and oxygen atoms in total. The summed E-state index contributed by atoms with van der Waals surface area (Å²) in [6.07, 6.45) is -0.510. The minimum atomic E-state index is -0.490. The van der Waals surface area contributed by atoms with E-state index in [0.717, 1.165) is 0 Å². The summed E-state index contributed by atoms with van der Waals surface area (Å²) >= 11 is 0. The van der Waals surface area contributed by atoms with E-state index in [-0.39, 0.29) is 30.3 Å². The Bertz CT molecular complexity index is 560. The lowest BCUT2D eigenvalue weighted by Crippen LogP contribution is -2.48. The lowest BCUT2D eigenvalue weighted by atomic mass is 10.1. The van der Waals surface area contributed by atoms with Gasteiger partial charge in [0.2, 0.25) is 0 Å². The smallest absolute Gasteiger partial charge is 0.293 e. The molecule has 1 fully saturated rings. The number of hydrogen-bond donors (Lipinski definition) is 1. The molecule has 0 aromatic heterocycles. The van der Waals surface area contributed by atoms with Gasteiger partial charge in [0, 0.05) is 24.7 Å². The zero-order valence-corrected chi connectivity index (χ0v) is 12.0. The third-order valence-corrected chi connectivity index (χ3v) is 3.45. The molecule has 0 saturated carbocycles. The zero-order chi connectivity index (χ0) is 15.6. The van der Waals surface area contributed by atoms with Crippen LogP contribution in [0.15, 0.2) is 18.2 Å². The number of ether oxygens (including phenoxy) is 1. The van der Waals surface area contributed by atoms with Crippen LogP contribution >= 0.6 is 0 Å². The van der Waals surface area contributed by atoms with E-state index in [2.05, 4.69) is 0 Å².